The highest BCUT2D eigenvalue weighted by Crippen LogP contribution is 2.38. The van der Waals surface area contributed by atoms with E-state index < -0.39 is 0 Å². The molecule has 0 aromatic carbocycles. The van der Waals surface area contributed by atoms with Crippen molar-refractivity contribution >= 4 is 11.9 Å². The number of carbonyl (C=O) groups is 1. The van der Waals surface area contributed by atoms with Gasteiger partial charge in [0.25, 0.3) is 0 Å². The molecule has 4 rings (SSSR count). The van der Waals surface area contributed by atoms with E-state index in [9.17, 15) is 4.79 Å². The molecule has 3 saturated heterocycles. The van der Waals surface area contributed by atoms with E-state index in [2.05, 4.69) is 25.4 Å². The summed E-state index contributed by atoms with van der Waals surface area (Å²) in [5.74, 6) is 1.06. The fraction of sp³-hybridized carbons (Fsp3) is 0.889. The number of piperazine rings is 3. The molecule has 3 aliphatic heterocycles. The van der Waals surface area contributed by atoms with Gasteiger partial charge in [0, 0.05) is 73.0 Å². The summed E-state index contributed by atoms with van der Waals surface area (Å²) in [5, 5.41) is 6.91. The summed E-state index contributed by atoms with van der Waals surface area (Å²) in [4.78, 5) is 23.9. The lowest BCUT2D eigenvalue weighted by atomic mass is 9.84. The minimum Gasteiger partial charge on any atom is -0.355 e. The van der Waals surface area contributed by atoms with Crippen LogP contribution in [0.2, 0.25) is 0 Å². The van der Waals surface area contributed by atoms with Crippen molar-refractivity contribution in [1.29, 1.82) is 0 Å². The number of rotatable bonds is 5. The fourth-order valence-corrected chi connectivity index (χ4v) is 4.60. The highest BCUT2D eigenvalue weighted by Gasteiger charge is 2.42. The van der Waals surface area contributed by atoms with Crippen LogP contribution in [0, 0.1) is 5.41 Å². The molecular formula is C18H34N6O. The first-order chi connectivity index (χ1) is 12.0. The summed E-state index contributed by atoms with van der Waals surface area (Å²) < 4.78 is 0. The van der Waals surface area contributed by atoms with Gasteiger partial charge in [-0.25, -0.2) is 0 Å². The Morgan fingerprint density at radius 3 is 2.36 bits per heavy atom. The van der Waals surface area contributed by atoms with Gasteiger partial charge >= 0.3 is 0 Å². The number of fused-ring (bicyclic) bond motifs is 3. The molecule has 1 atom stereocenters. The van der Waals surface area contributed by atoms with Crippen LogP contribution in [-0.4, -0.2) is 99.6 Å². The normalized spacial score (nSPS) is 31.0. The summed E-state index contributed by atoms with van der Waals surface area (Å²) in [6.07, 6.45) is 4.22. The molecule has 142 valence electrons. The second-order valence-corrected chi connectivity index (χ2v) is 7.98. The second-order valence-electron chi connectivity index (χ2n) is 7.98. The molecule has 7 nitrogen and oxygen atoms in total. The Kier molecular flexibility index (Phi) is 5.84. The average Bonchev–Trinajstić information content (AvgIpc) is 3.12. The van der Waals surface area contributed by atoms with Gasteiger partial charge in [-0.1, -0.05) is 12.8 Å². The molecule has 1 amide bonds. The van der Waals surface area contributed by atoms with Crippen molar-refractivity contribution in [1.82, 2.24) is 25.3 Å². The number of amides is 1. The summed E-state index contributed by atoms with van der Waals surface area (Å²) in [5.41, 5.74) is -0.264. The van der Waals surface area contributed by atoms with E-state index in [1.807, 2.05) is 14.1 Å². The topological polar surface area (TPSA) is 63.2 Å². The molecule has 0 radical (unpaired) electrons. The Balaban J connectivity index is 1.51. The van der Waals surface area contributed by atoms with Gasteiger partial charge in [0.2, 0.25) is 5.91 Å². The van der Waals surface area contributed by atoms with E-state index in [0.717, 1.165) is 44.7 Å². The molecule has 1 aliphatic carbocycles. The van der Waals surface area contributed by atoms with E-state index >= 15 is 0 Å². The summed E-state index contributed by atoms with van der Waals surface area (Å²) in [6, 6.07) is 0.560. The van der Waals surface area contributed by atoms with E-state index in [1.54, 1.807) is 11.9 Å². The van der Waals surface area contributed by atoms with Crippen molar-refractivity contribution in [2.24, 2.45) is 10.4 Å². The zero-order valence-corrected chi connectivity index (χ0v) is 16.1. The van der Waals surface area contributed by atoms with Gasteiger partial charge in [0.15, 0.2) is 5.96 Å². The van der Waals surface area contributed by atoms with Gasteiger partial charge in [-0.2, -0.15) is 0 Å². The van der Waals surface area contributed by atoms with Crippen LogP contribution in [0.5, 0.6) is 0 Å². The van der Waals surface area contributed by atoms with Crippen molar-refractivity contribution < 1.29 is 4.79 Å². The lowest BCUT2D eigenvalue weighted by Gasteiger charge is -2.47. The number of hydrogen-bond donors (Lipinski definition) is 2. The predicted octanol–water partition coefficient (Wildman–Crippen LogP) is -0.200. The second kappa shape index (κ2) is 7.91. The molecule has 25 heavy (non-hydrogen) atoms. The Labute approximate surface area is 151 Å². The number of carbonyl (C=O) groups excluding carboxylic acids is 1. The van der Waals surface area contributed by atoms with Gasteiger partial charge in [-0.05, 0) is 12.8 Å². The molecule has 1 unspecified atom stereocenters. The monoisotopic (exact) mass is 350 g/mol. The first-order valence-electron chi connectivity index (χ1n) is 9.67. The van der Waals surface area contributed by atoms with E-state index in [1.165, 1.54) is 26.2 Å². The van der Waals surface area contributed by atoms with Crippen LogP contribution >= 0.6 is 0 Å². The Morgan fingerprint density at radius 1 is 1.16 bits per heavy atom. The maximum atomic E-state index is 12.7. The van der Waals surface area contributed by atoms with Crippen LogP contribution in [0.3, 0.4) is 0 Å². The molecule has 0 aromatic rings. The maximum absolute atomic E-state index is 12.7. The molecular weight excluding hydrogens is 316 g/mol. The summed E-state index contributed by atoms with van der Waals surface area (Å²) >= 11 is 0. The third kappa shape index (κ3) is 4.08. The first kappa shape index (κ1) is 18.5. The molecule has 3 heterocycles. The Morgan fingerprint density at radius 2 is 1.84 bits per heavy atom. The van der Waals surface area contributed by atoms with Crippen LogP contribution in [0.4, 0.5) is 0 Å². The van der Waals surface area contributed by atoms with Crippen LogP contribution in [0.25, 0.3) is 0 Å². The molecule has 4 fully saturated rings. The number of guanidine groups is 1. The molecule has 7 heteroatoms. The molecule has 2 N–H and O–H groups in total. The van der Waals surface area contributed by atoms with Gasteiger partial charge in [0.1, 0.15) is 0 Å². The SMILES string of the molecule is CN=C(NCC1CN2CCN1CC2)NCC1(C(=O)N(C)C)CCCC1. The molecule has 2 bridgehead atoms. The maximum Gasteiger partial charge on any atom is 0.230 e. The third-order valence-electron chi connectivity index (χ3n) is 6.14. The summed E-state index contributed by atoms with van der Waals surface area (Å²) in [6.45, 7) is 7.50. The number of hydrogen-bond acceptors (Lipinski definition) is 4. The molecule has 1 saturated carbocycles. The summed E-state index contributed by atoms with van der Waals surface area (Å²) in [7, 11) is 5.52. The largest absolute Gasteiger partial charge is 0.355 e. The van der Waals surface area contributed by atoms with E-state index in [-0.39, 0.29) is 11.3 Å². The van der Waals surface area contributed by atoms with Gasteiger partial charge in [0.05, 0.1) is 5.41 Å². The van der Waals surface area contributed by atoms with Crippen LogP contribution in [0.15, 0.2) is 4.99 Å². The number of nitrogens with one attached hydrogen (secondary N) is 2. The Bertz CT molecular complexity index is 492. The minimum absolute atomic E-state index is 0.247. The minimum atomic E-state index is -0.264. The van der Waals surface area contributed by atoms with E-state index in [4.69, 9.17) is 0 Å². The lowest BCUT2D eigenvalue weighted by Crippen LogP contribution is -2.64. The lowest BCUT2D eigenvalue weighted by molar-refractivity contribution is -0.138. The quantitative estimate of drug-likeness (QED) is 0.531. The highest BCUT2D eigenvalue weighted by molar-refractivity contribution is 5.85. The molecule has 4 aliphatic rings. The number of aliphatic imine (C=N–C) groups is 1. The molecule has 0 spiro atoms. The fourth-order valence-electron chi connectivity index (χ4n) is 4.60. The van der Waals surface area contributed by atoms with Crippen molar-refractivity contribution in [3.05, 3.63) is 0 Å². The third-order valence-corrected chi connectivity index (χ3v) is 6.14. The average molecular weight is 351 g/mol. The van der Waals surface area contributed by atoms with Gasteiger partial charge < -0.3 is 15.5 Å². The van der Waals surface area contributed by atoms with Crippen molar-refractivity contribution in [2.75, 3.05) is 67.0 Å². The van der Waals surface area contributed by atoms with Crippen LogP contribution < -0.4 is 10.6 Å². The van der Waals surface area contributed by atoms with Crippen LogP contribution in [0.1, 0.15) is 25.7 Å². The molecule has 0 aromatic heterocycles. The number of nitrogens with zero attached hydrogens (tertiary/aromatic N) is 4. The van der Waals surface area contributed by atoms with Crippen molar-refractivity contribution in [2.45, 2.75) is 31.7 Å². The van der Waals surface area contributed by atoms with Gasteiger partial charge in [-0.3, -0.25) is 19.6 Å². The van der Waals surface area contributed by atoms with Crippen molar-refractivity contribution in [3.8, 4) is 0 Å². The zero-order chi connectivity index (χ0) is 17.9. The predicted molar refractivity (Wildman–Crippen MR) is 101 cm³/mol. The van der Waals surface area contributed by atoms with Crippen molar-refractivity contribution in [3.63, 3.8) is 0 Å². The first-order valence-corrected chi connectivity index (χ1v) is 9.67. The van der Waals surface area contributed by atoms with Gasteiger partial charge in [-0.15, -0.1) is 0 Å². The standard InChI is InChI=1S/C18H34N6O/c1-19-17(20-12-15-13-23-8-10-24(15)11-9-23)21-14-18(6-4-5-7-18)16(25)22(2)3/h15H,4-14H2,1-3H3,(H2,19,20,21). The highest BCUT2D eigenvalue weighted by atomic mass is 16.2. The Hall–Kier alpha value is -1.34. The zero-order valence-electron chi connectivity index (χ0n) is 16.1. The van der Waals surface area contributed by atoms with Crippen LogP contribution in [-0.2, 0) is 4.79 Å². The van der Waals surface area contributed by atoms with E-state index in [0.29, 0.717) is 12.6 Å². The smallest absolute Gasteiger partial charge is 0.230 e.